The van der Waals surface area contributed by atoms with Crippen molar-refractivity contribution in [3.63, 3.8) is 0 Å². The van der Waals surface area contributed by atoms with Gasteiger partial charge in [0.25, 0.3) is 0 Å². The Morgan fingerprint density at radius 3 is 2.50 bits per heavy atom. The lowest BCUT2D eigenvalue weighted by molar-refractivity contribution is -0.136. The second-order valence-electron chi connectivity index (χ2n) is 1.53. The number of halogens is 1. The first-order valence-electron chi connectivity index (χ1n) is 2.14. The van der Waals surface area contributed by atoms with Crippen LogP contribution in [-0.2, 0) is 4.79 Å². The summed E-state index contributed by atoms with van der Waals surface area (Å²) in [5.74, 6) is -0.848. The molecule has 0 aromatic heterocycles. The lowest BCUT2D eigenvalue weighted by Gasteiger charge is -1.88. The van der Waals surface area contributed by atoms with E-state index in [1.54, 1.807) is 6.92 Å². The van der Waals surface area contributed by atoms with Crippen molar-refractivity contribution in [1.29, 1.82) is 0 Å². The molecule has 0 spiro atoms. The van der Waals surface area contributed by atoms with Gasteiger partial charge >= 0.3 is 5.97 Å². The average Bonchev–Trinajstić information content (AvgIpc) is 1.65. The summed E-state index contributed by atoms with van der Waals surface area (Å²) in [6.45, 7) is 1.67. The monoisotopic (exact) mass is 134 g/mol. The van der Waals surface area contributed by atoms with Crippen LogP contribution in [0.1, 0.15) is 13.3 Å². The SMILES string of the molecule is C/C(=C/Cl)CC(=O)O. The van der Waals surface area contributed by atoms with Gasteiger partial charge in [0, 0.05) is 5.54 Å². The largest absolute Gasteiger partial charge is 0.481 e. The molecule has 0 bridgehead atoms. The third-order valence-corrected chi connectivity index (χ3v) is 0.989. The quantitative estimate of drug-likeness (QED) is 0.623. The smallest absolute Gasteiger partial charge is 0.307 e. The standard InChI is InChI=1S/C5H7ClO2/c1-4(3-6)2-5(7)8/h3H,2H2,1H3,(H,7,8)/b4-3-. The van der Waals surface area contributed by atoms with E-state index in [9.17, 15) is 4.79 Å². The van der Waals surface area contributed by atoms with Crippen LogP contribution in [0.4, 0.5) is 0 Å². The minimum atomic E-state index is -0.848. The topological polar surface area (TPSA) is 37.3 Å². The average molecular weight is 135 g/mol. The van der Waals surface area contributed by atoms with E-state index in [0.717, 1.165) is 0 Å². The fourth-order valence-electron chi connectivity index (χ4n) is 0.277. The zero-order chi connectivity index (χ0) is 6.57. The van der Waals surface area contributed by atoms with Gasteiger partial charge in [-0.05, 0) is 6.92 Å². The molecule has 0 unspecified atom stereocenters. The highest BCUT2D eigenvalue weighted by Crippen LogP contribution is 1.99. The highest BCUT2D eigenvalue weighted by atomic mass is 35.5. The van der Waals surface area contributed by atoms with Crippen molar-refractivity contribution < 1.29 is 9.90 Å². The predicted octanol–water partition coefficient (Wildman–Crippen LogP) is 1.60. The number of hydrogen-bond acceptors (Lipinski definition) is 1. The molecule has 46 valence electrons. The molecule has 0 atom stereocenters. The fourth-order valence-corrected chi connectivity index (χ4v) is 0.354. The molecule has 1 N–H and O–H groups in total. The van der Waals surface area contributed by atoms with Gasteiger partial charge in [0.2, 0.25) is 0 Å². The molecule has 3 heteroatoms. The number of carboxylic acids is 1. The van der Waals surface area contributed by atoms with Crippen LogP contribution in [0.2, 0.25) is 0 Å². The first-order valence-corrected chi connectivity index (χ1v) is 2.58. The second kappa shape index (κ2) is 3.50. The molecule has 0 saturated carbocycles. The lowest BCUT2D eigenvalue weighted by Crippen LogP contribution is -1.93. The van der Waals surface area contributed by atoms with Crippen molar-refractivity contribution in [2.24, 2.45) is 0 Å². The number of aliphatic carboxylic acids is 1. The maximum absolute atomic E-state index is 9.87. The summed E-state index contributed by atoms with van der Waals surface area (Å²) in [5.41, 5.74) is 1.94. The summed E-state index contributed by atoms with van der Waals surface area (Å²) >= 11 is 5.17. The number of rotatable bonds is 2. The Balaban J connectivity index is 3.56. The van der Waals surface area contributed by atoms with Crippen LogP contribution in [0.15, 0.2) is 11.1 Å². The number of carboxylic acid groups (broad SMARTS) is 1. The predicted molar refractivity (Wildman–Crippen MR) is 31.9 cm³/mol. The molecule has 2 nitrogen and oxygen atoms in total. The maximum Gasteiger partial charge on any atom is 0.307 e. The van der Waals surface area contributed by atoms with E-state index in [1.165, 1.54) is 5.54 Å². The van der Waals surface area contributed by atoms with Gasteiger partial charge in [-0.15, -0.1) is 0 Å². The van der Waals surface area contributed by atoms with Crippen molar-refractivity contribution in [1.82, 2.24) is 0 Å². The summed E-state index contributed by atoms with van der Waals surface area (Å²) < 4.78 is 0. The van der Waals surface area contributed by atoms with Crippen LogP contribution in [-0.4, -0.2) is 11.1 Å². The molecule has 0 aliphatic rings. The molecular weight excluding hydrogens is 128 g/mol. The second-order valence-corrected chi connectivity index (χ2v) is 1.74. The van der Waals surface area contributed by atoms with Gasteiger partial charge in [-0.2, -0.15) is 0 Å². The van der Waals surface area contributed by atoms with Crippen molar-refractivity contribution in [3.05, 3.63) is 11.1 Å². The fraction of sp³-hybridized carbons (Fsp3) is 0.400. The Labute approximate surface area is 52.8 Å². The molecular formula is C5H7ClO2. The van der Waals surface area contributed by atoms with Crippen molar-refractivity contribution in [3.8, 4) is 0 Å². The first kappa shape index (κ1) is 7.50. The third kappa shape index (κ3) is 3.68. The molecule has 0 aliphatic heterocycles. The molecule has 0 radical (unpaired) electrons. The van der Waals surface area contributed by atoms with E-state index in [0.29, 0.717) is 5.57 Å². The van der Waals surface area contributed by atoms with Crippen LogP contribution in [0.25, 0.3) is 0 Å². The summed E-state index contributed by atoms with van der Waals surface area (Å²) in [4.78, 5) is 9.87. The van der Waals surface area contributed by atoms with E-state index in [4.69, 9.17) is 16.7 Å². The highest BCUT2D eigenvalue weighted by Gasteiger charge is 1.95. The minimum absolute atomic E-state index is 0.0312. The number of carbonyl (C=O) groups is 1. The van der Waals surface area contributed by atoms with Gasteiger partial charge in [-0.25, -0.2) is 0 Å². The Kier molecular flexibility index (Phi) is 3.28. The molecule has 0 aromatic rings. The van der Waals surface area contributed by atoms with Crippen LogP contribution >= 0.6 is 11.6 Å². The van der Waals surface area contributed by atoms with Gasteiger partial charge in [0.15, 0.2) is 0 Å². The zero-order valence-electron chi connectivity index (χ0n) is 4.52. The lowest BCUT2D eigenvalue weighted by atomic mass is 10.2. The van der Waals surface area contributed by atoms with Gasteiger partial charge in [0.1, 0.15) is 0 Å². The molecule has 0 amide bonds. The molecule has 0 aromatic carbocycles. The van der Waals surface area contributed by atoms with Gasteiger partial charge in [-0.1, -0.05) is 17.2 Å². The van der Waals surface area contributed by atoms with Crippen LogP contribution < -0.4 is 0 Å². The zero-order valence-corrected chi connectivity index (χ0v) is 5.27. The van der Waals surface area contributed by atoms with E-state index in [1.807, 2.05) is 0 Å². The molecule has 0 rings (SSSR count). The van der Waals surface area contributed by atoms with E-state index < -0.39 is 5.97 Å². The van der Waals surface area contributed by atoms with E-state index in [2.05, 4.69) is 0 Å². The van der Waals surface area contributed by atoms with Crippen molar-refractivity contribution >= 4 is 17.6 Å². The molecule has 0 fully saturated rings. The van der Waals surface area contributed by atoms with Gasteiger partial charge < -0.3 is 5.11 Å². The van der Waals surface area contributed by atoms with Gasteiger partial charge in [-0.3, -0.25) is 4.79 Å². The Bertz CT molecular complexity index is 118. The Morgan fingerprint density at radius 2 is 2.38 bits per heavy atom. The van der Waals surface area contributed by atoms with E-state index >= 15 is 0 Å². The number of hydrogen-bond donors (Lipinski definition) is 1. The molecule has 0 heterocycles. The van der Waals surface area contributed by atoms with Gasteiger partial charge in [0.05, 0.1) is 6.42 Å². The van der Waals surface area contributed by atoms with Crippen molar-refractivity contribution in [2.75, 3.05) is 0 Å². The summed E-state index contributed by atoms with van der Waals surface area (Å²) in [7, 11) is 0. The minimum Gasteiger partial charge on any atom is -0.481 e. The Hall–Kier alpha value is -0.500. The van der Waals surface area contributed by atoms with Crippen LogP contribution in [0, 0.1) is 0 Å². The summed E-state index contributed by atoms with van der Waals surface area (Å²) in [6, 6.07) is 0. The molecule has 8 heavy (non-hydrogen) atoms. The molecule has 0 aliphatic carbocycles. The first-order chi connectivity index (χ1) is 3.66. The molecule has 0 saturated heterocycles. The maximum atomic E-state index is 9.87. The summed E-state index contributed by atoms with van der Waals surface area (Å²) in [6.07, 6.45) is 0.0312. The summed E-state index contributed by atoms with van der Waals surface area (Å²) in [5, 5.41) is 8.12. The normalized spacial score (nSPS) is 11.5. The highest BCUT2D eigenvalue weighted by molar-refractivity contribution is 6.25. The van der Waals surface area contributed by atoms with Crippen LogP contribution in [0.3, 0.4) is 0 Å². The van der Waals surface area contributed by atoms with E-state index in [-0.39, 0.29) is 6.42 Å². The van der Waals surface area contributed by atoms with Crippen molar-refractivity contribution in [2.45, 2.75) is 13.3 Å². The van der Waals surface area contributed by atoms with Crippen LogP contribution in [0.5, 0.6) is 0 Å². The third-order valence-electron chi connectivity index (χ3n) is 0.616. The Morgan fingerprint density at radius 1 is 1.88 bits per heavy atom.